The highest BCUT2D eigenvalue weighted by atomic mass is 127. The first-order chi connectivity index (χ1) is 14.0. The minimum Gasteiger partial charge on any atom is -0.494 e. The van der Waals surface area contributed by atoms with Crippen molar-refractivity contribution in [1.29, 1.82) is 0 Å². The number of esters is 1. The lowest BCUT2D eigenvalue weighted by molar-refractivity contribution is -0.457. The quantitative estimate of drug-likeness (QED) is 0.263. The van der Waals surface area contributed by atoms with Crippen LogP contribution in [-0.2, 0) is 20.7 Å². The normalized spacial score (nSPS) is 42.0. The van der Waals surface area contributed by atoms with Crippen LogP contribution in [0, 0.1) is 34.5 Å². The van der Waals surface area contributed by atoms with E-state index in [1.165, 1.54) is 24.8 Å². The molecule has 0 radical (unpaired) electrons. The van der Waals surface area contributed by atoms with E-state index >= 15 is 0 Å². The number of aryl methyl sites for hydroxylation is 1. The molecule has 1 amide bonds. The van der Waals surface area contributed by atoms with Gasteiger partial charge >= 0.3 is 5.97 Å². The summed E-state index contributed by atoms with van der Waals surface area (Å²) >= 11 is 2.54. The first-order valence-corrected chi connectivity index (χ1v) is 12.1. The van der Waals surface area contributed by atoms with Gasteiger partial charge in [-0.3, -0.25) is 9.59 Å². The highest BCUT2D eigenvalue weighted by Gasteiger charge is 2.97. The van der Waals surface area contributed by atoms with Gasteiger partial charge in [0, 0.05) is 22.1 Å². The zero-order valence-electron chi connectivity index (χ0n) is 16.6. The van der Waals surface area contributed by atoms with Gasteiger partial charge in [0.1, 0.15) is 5.75 Å². The second kappa shape index (κ2) is 6.11. The van der Waals surface area contributed by atoms with Crippen molar-refractivity contribution < 1.29 is 19.1 Å². The average molecular weight is 507 g/mol. The number of methoxy groups -OCH3 is 1. The van der Waals surface area contributed by atoms with Crippen LogP contribution in [0.25, 0.3) is 0 Å². The fourth-order valence-electron chi connectivity index (χ4n) is 7.77. The van der Waals surface area contributed by atoms with E-state index in [1.54, 1.807) is 7.11 Å². The largest absolute Gasteiger partial charge is 0.494 e. The monoisotopic (exact) mass is 507 g/mol. The van der Waals surface area contributed by atoms with Gasteiger partial charge in [0.05, 0.1) is 19.1 Å². The van der Waals surface area contributed by atoms with Crippen molar-refractivity contribution in [2.75, 3.05) is 19.0 Å². The van der Waals surface area contributed by atoms with E-state index in [0.717, 1.165) is 36.1 Å². The molecule has 29 heavy (non-hydrogen) atoms. The number of amides is 1. The molecule has 1 N–H and O–H groups in total. The topological polar surface area (TPSA) is 64.6 Å². The maximum atomic E-state index is 12.4. The van der Waals surface area contributed by atoms with E-state index in [4.69, 9.17) is 9.47 Å². The summed E-state index contributed by atoms with van der Waals surface area (Å²) in [5.41, 5.74) is 2.49. The molecule has 5 aliphatic rings. The van der Waals surface area contributed by atoms with Crippen molar-refractivity contribution >= 4 is 40.2 Å². The molecule has 4 saturated carbocycles. The first kappa shape index (κ1) is 18.5. The van der Waals surface area contributed by atoms with Crippen LogP contribution < -0.4 is 10.1 Å². The van der Waals surface area contributed by atoms with Crippen molar-refractivity contribution in [3.63, 3.8) is 0 Å². The minimum atomic E-state index is -0.114. The molecule has 4 aliphatic carbocycles. The molecule has 0 bridgehead atoms. The number of halogens is 1. The van der Waals surface area contributed by atoms with Crippen LogP contribution in [0.4, 0.5) is 5.69 Å². The maximum absolute atomic E-state index is 12.4. The molecule has 1 aliphatic heterocycles. The lowest BCUT2D eigenvalue weighted by atomic mass is 9.09. The van der Waals surface area contributed by atoms with Crippen molar-refractivity contribution in [3.8, 4) is 5.75 Å². The molecule has 0 aromatic heterocycles. The van der Waals surface area contributed by atoms with Gasteiger partial charge in [0.15, 0.2) is 0 Å². The van der Waals surface area contributed by atoms with E-state index in [2.05, 4.69) is 34.0 Å². The van der Waals surface area contributed by atoms with Crippen LogP contribution in [0.1, 0.15) is 37.7 Å². The number of carbonyl (C=O) groups is 2. The average Bonchev–Trinajstić information content (AvgIpc) is 2.71. The minimum absolute atomic E-state index is 0.0577. The third-order valence-electron chi connectivity index (χ3n) is 8.89. The molecule has 6 heteroatoms. The Kier molecular flexibility index (Phi) is 3.89. The molecule has 0 spiro atoms. The van der Waals surface area contributed by atoms with Crippen LogP contribution in [0.5, 0.6) is 5.75 Å². The second-order valence-corrected chi connectivity index (χ2v) is 11.0. The summed E-state index contributed by atoms with van der Waals surface area (Å²) in [7, 11) is 1.54. The number of anilines is 1. The SMILES string of the molecule is COC(=O)C12C(I)C3C1C1C2CC31CCCCOc1ccc2c(c1)NC(=O)CC2. The van der Waals surface area contributed by atoms with Crippen LogP contribution >= 0.6 is 22.6 Å². The van der Waals surface area contributed by atoms with Crippen molar-refractivity contribution in [1.82, 2.24) is 0 Å². The predicted octanol–water partition coefficient (Wildman–Crippen LogP) is 3.98. The summed E-state index contributed by atoms with van der Waals surface area (Å²) in [6, 6.07) is 6.03. The summed E-state index contributed by atoms with van der Waals surface area (Å²) in [4.78, 5) is 23.9. The number of fused-ring (bicyclic) bond motifs is 3. The smallest absolute Gasteiger partial charge is 0.313 e. The molecule has 6 rings (SSSR count). The highest BCUT2D eigenvalue weighted by molar-refractivity contribution is 14.1. The number of ether oxygens (including phenoxy) is 2. The van der Waals surface area contributed by atoms with E-state index in [0.29, 0.717) is 34.2 Å². The number of carbonyl (C=O) groups excluding carboxylic acids is 2. The molecule has 154 valence electrons. The Morgan fingerprint density at radius 1 is 1.24 bits per heavy atom. The molecule has 1 aromatic carbocycles. The number of alkyl halides is 1. The Hall–Kier alpha value is -1.31. The summed E-state index contributed by atoms with van der Waals surface area (Å²) in [5.74, 6) is 3.73. The van der Waals surface area contributed by atoms with Gasteiger partial charge < -0.3 is 14.8 Å². The first-order valence-electron chi connectivity index (χ1n) is 10.8. The highest BCUT2D eigenvalue weighted by Crippen LogP contribution is 2.96. The fourth-order valence-corrected chi connectivity index (χ4v) is 10.1. The second-order valence-electron chi connectivity index (χ2n) is 9.62. The van der Waals surface area contributed by atoms with Crippen LogP contribution in [0.15, 0.2) is 18.2 Å². The van der Waals surface area contributed by atoms with Crippen molar-refractivity contribution in [2.24, 2.45) is 34.5 Å². The third-order valence-corrected chi connectivity index (χ3v) is 10.7. The standard InChI is InChI=1S/C23H26INO4/c1-28-21(27)23-14-11-22(17(14)18(23)19(22)20(23)24)8-2-3-9-29-13-6-4-12-5-7-16(26)25-15(12)10-13/h4,6,10,14,17-20H,2-3,5,7-9,11H2,1H3,(H,25,26). The Morgan fingerprint density at radius 2 is 2.10 bits per heavy atom. The van der Waals surface area contributed by atoms with Crippen LogP contribution in [0.3, 0.4) is 0 Å². The summed E-state index contributed by atoms with van der Waals surface area (Å²) in [6.45, 7) is 0.713. The molecule has 1 aromatic rings. The molecule has 5 nitrogen and oxygen atoms in total. The Labute approximate surface area is 184 Å². The molecule has 0 saturated heterocycles. The zero-order chi connectivity index (χ0) is 20.0. The predicted molar refractivity (Wildman–Crippen MR) is 116 cm³/mol. The van der Waals surface area contributed by atoms with Crippen molar-refractivity contribution in [3.05, 3.63) is 23.8 Å². The number of hydrogen-bond donors (Lipinski definition) is 1. The van der Waals surface area contributed by atoms with Crippen molar-refractivity contribution in [2.45, 2.75) is 42.4 Å². The van der Waals surface area contributed by atoms with E-state index < -0.39 is 0 Å². The Balaban J connectivity index is 1.000. The van der Waals surface area contributed by atoms with Gasteiger partial charge in [-0.2, -0.15) is 0 Å². The summed E-state index contributed by atoms with van der Waals surface area (Å²) in [6.07, 6.45) is 6.12. The summed E-state index contributed by atoms with van der Waals surface area (Å²) in [5, 5.41) is 2.93. The van der Waals surface area contributed by atoms with E-state index in [-0.39, 0.29) is 17.3 Å². The molecule has 7 unspecified atom stereocenters. The molecule has 7 atom stereocenters. The number of benzene rings is 1. The molecule has 4 fully saturated rings. The third kappa shape index (κ3) is 2.07. The zero-order valence-corrected chi connectivity index (χ0v) is 18.7. The van der Waals surface area contributed by atoms with Gasteiger partial charge in [0.25, 0.3) is 0 Å². The number of unbranched alkanes of at least 4 members (excludes halogenated alkanes) is 1. The van der Waals surface area contributed by atoms with Crippen LogP contribution in [0.2, 0.25) is 0 Å². The number of rotatable bonds is 7. The van der Waals surface area contributed by atoms with Gasteiger partial charge in [-0.25, -0.2) is 0 Å². The molecule has 1 heterocycles. The number of nitrogens with one attached hydrogen (secondary N) is 1. The van der Waals surface area contributed by atoms with Gasteiger partial charge in [0.2, 0.25) is 5.91 Å². The van der Waals surface area contributed by atoms with Gasteiger partial charge in [-0.15, -0.1) is 0 Å². The van der Waals surface area contributed by atoms with Gasteiger partial charge in [-0.1, -0.05) is 28.7 Å². The van der Waals surface area contributed by atoms with E-state index in [9.17, 15) is 9.59 Å². The maximum Gasteiger partial charge on any atom is 0.313 e. The Bertz CT molecular complexity index is 901. The lowest BCUT2D eigenvalue weighted by Crippen LogP contribution is -2.96. The molecular formula is C23H26INO4. The van der Waals surface area contributed by atoms with Gasteiger partial charge in [-0.05, 0) is 72.8 Å². The van der Waals surface area contributed by atoms with E-state index in [1.807, 2.05) is 12.1 Å². The lowest BCUT2D eigenvalue weighted by Gasteiger charge is -2.95. The summed E-state index contributed by atoms with van der Waals surface area (Å²) < 4.78 is 11.6. The number of hydrogen-bond acceptors (Lipinski definition) is 4. The fraction of sp³-hybridized carbons (Fsp3) is 0.652. The van der Waals surface area contributed by atoms with Crippen LogP contribution in [-0.4, -0.2) is 29.5 Å². The Morgan fingerprint density at radius 3 is 2.83 bits per heavy atom. The molecular weight excluding hydrogens is 481 g/mol.